The lowest BCUT2D eigenvalue weighted by Crippen LogP contribution is -2.10. The average molecular weight is 308 g/mol. The van der Waals surface area contributed by atoms with Gasteiger partial charge in [-0.3, -0.25) is 4.79 Å². The molecule has 1 aliphatic rings. The van der Waals surface area contributed by atoms with E-state index in [1.54, 1.807) is 13.2 Å². The normalized spacial score (nSPS) is 14.0. The number of rotatable bonds is 4. The molecule has 23 heavy (non-hydrogen) atoms. The topological polar surface area (TPSA) is 64.2 Å². The van der Waals surface area contributed by atoms with E-state index in [2.05, 4.69) is 9.97 Å². The molecule has 116 valence electrons. The summed E-state index contributed by atoms with van der Waals surface area (Å²) in [5.41, 5.74) is 2.76. The maximum atomic E-state index is 11.8. The van der Waals surface area contributed by atoms with Crippen LogP contribution in [0.4, 0.5) is 0 Å². The fourth-order valence-electron chi connectivity index (χ4n) is 2.50. The SMILES string of the molecule is COc1cc(-c2nc3ccccc3[nH]2)ccc1OC(=O)C1CC1. The Bertz CT molecular complexity index is 848. The van der Waals surface area contributed by atoms with Crippen molar-refractivity contribution in [2.45, 2.75) is 12.8 Å². The molecule has 0 saturated heterocycles. The number of hydrogen-bond donors (Lipinski definition) is 1. The van der Waals surface area contributed by atoms with Gasteiger partial charge in [0.05, 0.1) is 24.1 Å². The molecule has 1 aliphatic carbocycles. The summed E-state index contributed by atoms with van der Waals surface area (Å²) in [6, 6.07) is 13.3. The largest absolute Gasteiger partial charge is 0.493 e. The van der Waals surface area contributed by atoms with E-state index in [1.807, 2.05) is 36.4 Å². The molecule has 1 aromatic heterocycles. The third-order valence-corrected chi connectivity index (χ3v) is 3.95. The number of methoxy groups -OCH3 is 1. The Balaban J connectivity index is 1.67. The summed E-state index contributed by atoms with van der Waals surface area (Å²) in [4.78, 5) is 19.7. The van der Waals surface area contributed by atoms with E-state index in [0.717, 1.165) is 35.3 Å². The van der Waals surface area contributed by atoms with Crippen LogP contribution >= 0.6 is 0 Å². The molecule has 1 saturated carbocycles. The highest BCUT2D eigenvalue weighted by molar-refractivity contribution is 5.81. The van der Waals surface area contributed by atoms with Crippen molar-refractivity contribution in [3.8, 4) is 22.9 Å². The van der Waals surface area contributed by atoms with Crippen LogP contribution in [0, 0.1) is 5.92 Å². The molecule has 0 aliphatic heterocycles. The van der Waals surface area contributed by atoms with Crippen molar-refractivity contribution in [1.82, 2.24) is 9.97 Å². The van der Waals surface area contributed by atoms with Gasteiger partial charge in [-0.15, -0.1) is 0 Å². The lowest BCUT2D eigenvalue weighted by Gasteiger charge is -2.10. The summed E-state index contributed by atoms with van der Waals surface area (Å²) >= 11 is 0. The smallest absolute Gasteiger partial charge is 0.314 e. The van der Waals surface area contributed by atoms with Gasteiger partial charge in [-0.05, 0) is 43.2 Å². The number of hydrogen-bond acceptors (Lipinski definition) is 4. The first-order valence-corrected chi connectivity index (χ1v) is 7.59. The van der Waals surface area contributed by atoms with Crippen molar-refractivity contribution in [3.05, 3.63) is 42.5 Å². The first kappa shape index (κ1) is 13.8. The number of esters is 1. The minimum atomic E-state index is -0.181. The Kier molecular flexibility index (Phi) is 3.26. The monoisotopic (exact) mass is 308 g/mol. The van der Waals surface area contributed by atoms with Gasteiger partial charge in [0, 0.05) is 5.56 Å². The fraction of sp³-hybridized carbons (Fsp3) is 0.222. The summed E-state index contributed by atoms with van der Waals surface area (Å²) in [5.74, 6) is 1.60. The number of nitrogens with one attached hydrogen (secondary N) is 1. The van der Waals surface area contributed by atoms with Gasteiger partial charge >= 0.3 is 5.97 Å². The highest BCUT2D eigenvalue weighted by Crippen LogP contribution is 2.35. The second kappa shape index (κ2) is 5.43. The number of nitrogens with zero attached hydrogens (tertiary/aromatic N) is 1. The number of ether oxygens (including phenoxy) is 2. The molecule has 5 nitrogen and oxygen atoms in total. The van der Waals surface area contributed by atoms with Gasteiger partial charge < -0.3 is 14.5 Å². The third-order valence-electron chi connectivity index (χ3n) is 3.95. The highest BCUT2D eigenvalue weighted by atomic mass is 16.6. The van der Waals surface area contributed by atoms with Gasteiger partial charge in [-0.1, -0.05) is 12.1 Å². The molecule has 4 rings (SSSR count). The molecular weight excluding hydrogens is 292 g/mol. The predicted molar refractivity (Wildman–Crippen MR) is 86.4 cm³/mol. The molecule has 0 spiro atoms. The van der Waals surface area contributed by atoms with Crippen LogP contribution in [0.25, 0.3) is 22.4 Å². The number of aromatic amines is 1. The van der Waals surface area contributed by atoms with E-state index >= 15 is 0 Å². The number of aromatic nitrogens is 2. The molecule has 1 fully saturated rings. The first-order chi connectivity index (χ1) is 11.2. The van der Waals surface area contributed by atoms with Crippen molar-refractivity contribution in [2.75, 3.05) is 7.11 Å². The zero-order chi connectivity index (χ0) is 15.8. The van der Waals surface area contributed by atoms with E-state index in [-0.39, 0.29) is 11.9 Å². The van der Waals surface area contributed by atoms with E-state index in [1.165, 1.54) is 0 Å². The molecule has 0 atom stereocenters. The van der Waals surface area contributed by atoms with E-state index < -0.39 is 0 Å². The Morgan fingerprint density at radius 3 is 2.74 bits per heavy atom. The lowest BCUT2D eigenvalue weighted by molar-refractivity contribution is -0.135. The van der Waals surface area contributed by atoms with Crippen LogP contribution in [-0.4, -0.2) is 23.0 Å². The number of para-hydroxylation sites is 2. The zero-order valence-electron chi connectivity index (χ0n) is 12.7. The van der Waals surface area contributed by atoms with Crippen molar-refractivity contribution < 1.29 is 14.3 Å². The molecule has 5 heteroatoms. The number of carbonyl (C=O) groups excluding carboxylic acids is 1. The van der Waals surface area contributed by atoms with Crippen LogP contribution in [0.5, 0.6) is 11.5 Å². The Morgan fingerprint density at radius 2 is 2.00 bits per heavy atom. The average Bonchev–Trinajstić information content (AvgIpc) is 3.34. The number of H-pyrrole nitrogens is 1. The summed E-state index contributed by atoms with van der Waals surface area (Å²) in [5, 5.41) is 0. The van der Waals surface area contributed by atoms with Crippen LogP contribution < -0.4 is 9.47 Å². The minimum absolute atomic E-state index is 0.0507. The standard InChI is InChI=1S/C18H16N2O3/c1-22-16-10-12(8-9-15(16)23-18(21)11-6-7-11)17-19-13-4-2-3-5-14(13)20-17/h2-5,8-11H,6-7H2,1H3,(H,19,20). The number of carbonyl (C=O) groups is 1. The molecule has 2 aromatic carbocycles. The third kappa shape index (κ3) is 2.65. The van der Waals surface area contributed by atoms with Crippen LogP contribution in [-0.2, 0) is 4.79 Å². The van der Waals surface area contributed by atoms with Crippen LogP contribution in [0.15, 0.2) is 42.5 Å². The Morgan fingerprint density at radius 1 is 1.17 bits per heavy atom. The highest BCUT2D eigenvalue weighted by Gasteiger charge is 2.32. The summed E-state index contributed by atoms with van der Waals surface area (Å²) in [7, 11) is 1.56. The summed E-state index contributed by atoms with van der Waals surface area (Å²) in [6.07, 6.45) is 1.83. The van der Waals surface area contributed by atoms with Crippen molar-refractivity contribution in [2.24, 2.45) is 5.92 Å². The Hall–Kier alpha value is -2.82. The molecular formula is C18H16N2O3. The first-order valence-electron chi connectivity index (χ1n) is 7.59. The van der Waals surface area contributed by atoms with Crippen LogP contribution in [0.3, 0.4) is 0 Å². The molecule has 0 bridgehead atoms. The predicted octanol–water partition coefficient (Wildman–Crippen LogP) is 3.55. The van der Waals surface area contributed by atoms with E-state index in [9.17, 15) is 4.79 Å². The van der Waals surface area contributed by atoms with Gasteiger partial charge in [-0.2, -0.15) is 0 Å². The van der Waals surface area contributed by atoms with Gasteiger partial charge in [0.25, 0.3) is 0 Å². The molecule has 1 heterocycles. The number of benzene rings is 2. The van der Waals surface area contributed by atoms with E-state index in [0.29, 0.717) is 11.5 Å². The van der Waals surface area contributed by atoms with Gasteiger partial charge in [0.1, 0.15) is 5.82 Å². The quantitative estimate of drug-likeness (QED) is 0.591. The molecule has 0 unspecified atom stereocenters. The summed E-state index contributed by atoms with van der Waals surface area (Å²) < 4.78 is 10.8. The maximum Gasteiger partial charge on any atom is 0.314 e. The fourth-order valence-corrected chi connectivity index (χ4v) is 2.50. The van der Waals surface area contributed by atoms with Crippen molar-refractivity contribution in [3.63, 3.8) is 0 Å². The molecule has 3 aromatic rings. The van der Waals surface area contributed by atoms with Crippen molar-refractivity contribution >= 4 is 17.0 Å². The minimum Gasteiger partial charge on any atom is -0.493 e. The Labute approximate surface area is 133 Å². The van der Waals surface area contributed by atoms with E-state index in [4.69, 9.17) is 9.47 Å². The molecule has 1 N–H and O–H groups in total. The number of fused-ring (bicyclic) bond motifs is 1. The van der Waals surface area contributed by atoms with Gasteiger partial charge in [0.2, 0.25) is 0 Å². The molecule has 0 radical (unpaired) electrons. The number of imidazole rings is 1. The second-order valence-electron chi connectivity index (χ2n) is 5.66. The molecule has 0 amide bonds. The van der Waals surface area contributed by atoms with Crippen LogP contribution in [0.1, 0.15) is 12.8 Å². The summed E-state index contributed by atoms with van der Waals surface area (Å²) in [6.45, 7) is 0. The zero-order valence-corrected chi connectivity index (χ0v) is 12.7. The lowest BCUT2D eigenvalue weighted by atomic mass is 10.2. The van der Waals surface area contributed by atoms with Crippen molar-refractivity contribution in [1.29, 1.82) is 0 Å². The van der Waals surface area contributed by atoms with Gasteiger partial charge in [-0.25, -0.2) is 4.98 Å². The maximum absolute atomic E-state index is 11.8. The van der Waals surface area contributed by atoms with Gasteiger partial charge in [0.15, 0.2) is 11.5 Å². The van der Waals surface area contributed by atoms with Crippen LogP contribution in [0.2, 0.25) is 0 Å². The second-order valence-corrected chi connectivity index (χ2v) is 5.66.